The number of hydrogen-bond acceptors (Lipinski definition) is 4. The fourth-order valence-corrected chi connectivity index (χ4v) is 11.8. The van der Waals surface area contributed by atoms with Crippen LogP contribution in [0.25, 0.3) is 87.7 Å². The maximum atomic E-state index is 7.12. The largest absolute Gasteiger partial charge is 0.454 e. The lowest BCUT2D eigenvalue weighted by Gasteiger charge is -2.28. The maximum absolute atomic E-state index is 7.12. The van der Waals surface area contributed by atoms with Crippen LogP contribution in [0.1, 0.15) is 105 Å². The monoisotopic (exact) mass is 991 g/mol. The second kappa shape index (κ2) is 16.7. The van der Waals surface area contributed by atoms with Gasteiger partial charge in [-0.05, 0) is 174 Å². The van der Waals surface area contributed by atoms with Crippen LogP contribution in [0.2, 0.25) is 0 Å². The molecular weight excluding hydrogens is 925 g/mol. The number of fused-ring (bicyclic) bond motifs is 12. The quantitative estimate of drug-likeness (QED) is 0.166. The summed E-state index contributed by atoms with van der Waals surface area (Å²) in [4.78, 5) is 4.73. The van der Waals surface area contributed by atoms with Crippen molar-refractivity contribution in [1.82, 2.24) is 0 Å². The van der Waals surface area contributed by atoms with Crippen molar-refractivity contribution in [1.29, 1.82) is 0 Å². The van der Waals surface area contributed by atoms with Crippen molar-refractivity contribution in [2.24, 2.45) is 0 Å². The molecule has 4 nitrogen and oxygen atoms in total. The molecule has 0 saturated heterocycles. The Kier molecular flexibility index (Phi) is 10.5. The number of hydrogen-bond donors (Lipinski definition) is 0. The van der Waals surface area contributed by atoms with Gasteiger partial charge in [0.05, 0.1) is 11.4 Å². The van der Waals surface area contributed by atoms with Crippen LogP contribution in [-0.4, -0.2) is 0 Å². The summed E-state index contributed by atoms with van der Waals surface area (Å²) in [6.45, 7) is 27.5. The maximum Gasteiger partial charge on any atom is 0.159 e. The second-order valence-electron chi connectivity index (χ2n) is 25.5. The summed E-state index contributed by atoms with van der Waals surface area (Å²) in [5, 5.41) is 9.40. The molecule has 0 N–H and O–H groups in total. The van der Waals surface area contributed by atoms with Crippen molar-refractivity contribution < 1.29 is 8.83 Å². The van der Waals surface area contributed by atoms with Crippen molar-refractivity contribution in [3.8, 4) is 22.3 Å². The summed E-state index contributed by atoms with van der Waals surface area (Å²) in [6.07, 6.45) is 0. The molecule has 4 heteroatoms. The standard InChI is InChI=1S/C72H66N2O2/c1-69(2,3)47-39-59-53-25-19-27-63(67(53)75-65(59)61(41-47)71(7,8)9)73(49-21-15-13-16-22-49)51-31-29-43-35-55-56-36-44-30-32-52(34-46(44)38-58(56)57(55)37-45(43)33-51)74(50-23-17-14-18-24-50)64-28-20-26-54-60-40-48(70(4,5)6)42-62(72(10,11)12)66(60)76-68(54)64/h13-42H,1-12H3. The molecule has 76 heavy (non-hydrogen) atoms. The Hall–Kier alpha value is -8.08. The highest BCUT2D eigenvalue weighted by Crippen LogP contribution is 2.53. The number of para-hydroxylation sites is 4. The fraction of sp³-hybridized carbons (Fsp3) is 0.222. The Labute approximate surface area is 447 Å². The van der Waals surface area contributed by atoms with Gasteiger partial charge >= 0.3 is 0 Å². The van der Waals surface area contributed by atoms with Crippen LogP contribution in [0.3, 0.4) is 0 Å². The van der Waals surface area contributed by atoms with Gasteiger partial charge in [0.25, 0.3) is 0 Å². The van der Waals surface area contributed by atoms with E-state index in [2.05, 4.69) is 275 Å². The Morgan fingerprint density at radius 1 is 0.276 bits per heavy atom. The van der Waals surface area contributed by atoms with Crippen molar-refractivity contribution in [2.45, 2.75) is 105 Å². The highest BCUT2D eigenvalue weighted by molar-refractivity contribution is 6.15. The predicted octanol–water partition coefficient (Wildman–Crippen LogP) is 21.6. The summed E-state index contributed by atoms with van der Waals surface area (Å²) in [6, 6.07) is 67.5. The van der Waals surface area contributed by atoms with Gasteiger partial charge < -0.3 is 18.6 Å². The van der Waals surface area contributed by atoms with Gasteiger partial charge in [-0.1, -0.05) is 168 Å². The van der Waals surface area contributed by atoms with E-state index in [1.165, 1.54) is 76.8 Å². The number of nitrogens with zero attached hydrogens (tertiary/aromatic N) is 2. The zero-order chi connectivity index (χ0) is 52.8. The minimum atomic E-state index is -0.109. The SMILES string of the molecule is CC(C)(C)c1cc(C(C)(C)C)c2oc3c(N(c4ccccc4)c4ccc5cc6c(cc5c4)-c4cc5cc(N(c7ccccc7)c7cccc8c7oc7c(C(C)(C)C)cc(C(C)(C)C)cc78)ccc5cc4-6)cccc3c2c1. The Balaban J connectivity index is 0.924. The predicted molar refractivity (Wildman–Crippen MR) is 325 cm³/mol. The first-order valence-electron chi connectivity index (χ1n) is 27.1. The molecule has 0 saturated carbocycles. The lowest BCUT2D eigenvalue weighted by atomic mass is 9.78. The van der Waals surface area contributed by atoms with E-state index in [0.717, 1.165) is 67.2 Å². The van der Waals surface area contributed by atoms with E-state index >= 15 is 0 Å². The van der Waals surface area contributed by atoms with Gasteiger partial charge in [-0.25, -0.2) is 0 Å². The minimum absolute atomic E-state index is 0.0147. The molecule has 0 spiro atoms. The first kappa shape index (κ1) is 47.6. The molecule has 2 heterocycles. The highest BCUT2D eigenvalue weighted by Gasteiger charge is 2.31. The molecule has 13 rings (SSSR count). The second-order valence-corrected chi connectivity index (χ2v) is 25.5. The molecule has 0 atom stereocenters. The van der Waals surface area contributed by atoms with Gasteiger partial charge in [0.15, 0.2) is 11.2 Å². The number of rotatable bonds is 6. The smallest absolute Gasteiger partial charge is 0.159 e. The van der Waals surface area contributed by atoms with Crippen LogP contribution >= 0.6 is 0 Å². The first-order valence-corrected chi connectivity index (χ1v) is 27.1. The molecule has 0 bridgehead atoms. The normalized spacial score (nSPS) is 13.0. The van der Waals surface area contributed by atoms with Crippen LogP contribution in [0.15, 0.2) is 191 Å². The molecule has 10 aromatic carbocycles. The van der Waals surface area contributed by atoms with Crippen molar-refractivity contribution >= 4 is 99.5 Å². The lowest BCUT2D eigenvalue weighted by Crippen LogP contribution is -2.16. The number of anilines is 6. The Morgan fingerprint density at radius 3 is 1.00 bits per heavy atom. The molecule has 0 aliphatic heterocycles. The average molecular weight is 991 g/mol. The molecule has 1 aliphatic carbocycles. The number of furan rings is 2. The van der Waals surface area contributed by atoms with E-state index < -0.39 is 0 Å². The molecule has 0 radical (unpaired) electrons. The minimum Gasteiger partial charge on any atom is -0.454 e. The van der Waals surface area contributed by atoms with Gasteiger partial charge in [-0.3, -0.25) is 0 Å². The van der Waals surface area contributed by atoms with Gasteiger partial charge in [0.1, 0.15) is 11.2 Å². The Morgan fingerprint density at radius 2 is 0.645 bits per heavy atom. The molecule has 376 valence electrons. The molecule has 12 aromatic rings. The third kappa shape index (κ3) is 7.70. The van der Waals surface area contributed by atoms with Gasteiger partial charge in [-0.15, -0.1) is 0 Å². The topological polar surface area (TPSA) is 32.8 Å². The summed E-state index contributed by atoms with van der Waals surface area (Å²) in [5.74, 6) is 0. The van der Waals surface area contributed by atoms with Crippen LogP contribution in [0.4, 0.5) is 34.1 Å². The summed E-state index contributed by atoms with van der Waals surface area (Å²) in [5.41, 5.74) is 20.0. The van der Waals surface area contributed by atoms with E-state index in [-0.39, 0.29) is 21.7 Å². The van der Waals surface area contributed by atoms with Crippen molar-refractivity contribution in [2.75, 3.05) is 9.80 Å². The third-order valence-electron chi connectivity index (χ3n) is 16.0. The van der Waals surface area contributed by atoms with Gasteiger partial charge in [0, 0.05) is 55.4 Å². The van der Waals surface area contributed by atoms with Crippen molar-refractivity contribution in [3.05, 3.63) is 204 Å². The third-order valence-corrected chi connectivity index (χ3v) is 16.0. The molecule has 0 unspecified atom stereocenters. The zero-order valence-electron chi connectivity index (χ0n) is 46.0. The lowest BCUT2D eigenvalue weighted by molar-refractivity contribution is 0.558. The van der Waals surface area contributed by atoms with Crippen molar-refractivity contribution in [3.63, 3.8) is 0 Å². The van der Waals surface area contributed by atoms with Crippen LogP contribution < -0.4 is 9.80 Å². The van der Waals surface area contributed by atoms with Crippen LogP contribution in [-0.2, 0) is 21.7 Å². The Bertz CT molecular complexity index is 4040. The van der Waals surface area contributed by atoms with Crippen LogP contribution in [0, 0.1) is 0 Å². The summed E-state index contributed by atoms with van der Waals surface area (Å²) in [7, 11) is 0. The molecule has 0 fully saturated rings. The molecular formula is C72H66N2O2. The molecule has 2 aromatic heterocycles. The zero-order valence-corrected chi connectivity index (χ0v) is 46.0. The average Bonchev–Trinajstić information content (AvgIpc) is 4.07. The van der Waals surface area contributed by atoms with Gasteiger partial charge in [-0.2, -0.15) is 0 Å². The molecule has 1 aliphatic rings. The molecule has 0 amide bonds. The highest BCUT2D eigenvalue weighted by atomic mass is 16.3. The fourth-order valence-electron chi connectivity index (χ4n) is 11.8. The summed E-state index contributed by atoms with van der Waals surface area (Å²) < 4.78 is 14.2. The first-order chi connectivity index (χ1) is 36.2. The van der Waals surface area contributed by atoms with E-state index in [9.17, 15) is 0 Å². The van der Waals surface area contributed by atoms with E-state index in [4.69, 9.17) is 8.83 Å². The van der Waals surface area contributed by atoms with E-state index in [1.54, 1.807) is 0 Å². The van der Waals surface area contributed by atoms with Crippen LogP contribution in [0.5, 0.6) is 0 Å². The van der Waals surface area contributed by atoms with E-state index in [0.29, 0.717) is 0 Å². The van der Waals surface area contributed by atoms with E-state index in [1.807, 2.05) is 0 Å². The number of benzene rings is 10. The summed E-state index contributed by atoms with van der Waals surface area (Å²) >= 11 is 0. The van der Waals surface area contributed by atoms with Gasteiger partial charge in [0.2, 0.25) is 0 Å².